The fourth-order valence-corrected chi connectivity index (χ4v) is 3.84. The van der Waals surface area contributed by atoms with Gasteiger partial charge in [0.25, 0.3) is 5.91 Å². The third-order valence-electron chi connectivity index (χ3n) is 3.79. The fraction of sp³-hybridized carbons (Fsp3) is 0.533. The molecule has 1 aromatic carbocycles. The number of aryl methyl sites for hydroxylation is 1. The third kappa shape index (κ3) is 3.23. The molecule has 2 rings (SSSR count). The minimum Gasteiger partial charge on any atom is -0.338 e. The van der Waals surface area contributed by atoms with Gasteiger partial charge in [0.05, 0.1) is 10.6 Å². The molecule has 1 fully saturated rings. The van der Waals surface area contributed by atoms with Crippen LogP contribution in [-0.2, 0) is 10.8 Å². The first-order valence-corrected chi connectivity index (χ1v) is 8.45. The normalized spacial score (nSPS) is 22.4. The van der Waals surface area contributed by atoms with Gasteiger partial charge in [0.1, 0.15) is 0 Å². The highest BCUT2D eigenvalue weighted by Gasteiger charge is 2.32. The smallest absolute Gasteiger partial charge is 0.255 e. The van der Waals surface area contributed by atoms with Crippen LogP contribution >= 0.6 is 11.6 Å². The van der Waals surface area contributed by atoms with E-state index in [1.54, 1.807) is 17.0 Å². The van der Waals surface area contributed by atoms with Crippen LogP contribution in [0.3, 0.4) is 0 Å². The first-order valence-electron chi connectivity index (χ1n) is 6.75. The third-order valence-corrected chi connectivity index (χ3v) is 6.09. The van der Waals surface area contributed by atoms with E-state index in [0.717, 1.165) is 12.0 Å². The summed E-state index contributed by atoms with van der Waals surface area (Å²) < 4.78 is 11.9. The van der Waals surface area contributed by atoms with Crippen LogP contribution in [0.15, 0.2) is 18.2 Å². The Hall–Kier alpha value is -0.870. The highest BCUT2D eigenvalue weighted by Crippen LogP contribution is 2.24. The van der Waals surface area contributed by atoms with Crippen LogP contribution in [0.5, 0.6) is 0 Å². The predicted molar refractivity (Wildman–Crippen MR) is 83.8 cm³/mol. The molecule has 1 saturated heterocycles. The van der Waals surface area contributed by atoms with Gasteiger partial charge in [-0.2, -0.15) is 0 Å². The highest BCUT2D eigenvalue weighted by atomic mass is 35.5. The largest absolute Gasteiger partial charge is 0.338 e. The van der Waals surface area contributed by atoms with Crippen LogP contribution in [0, 0.1) is 6.92 Å². The Morgan fingerprint density at radius 1 is 1.35 bits per heavy atom. The summed E-state index contributed by atoms with van der Waals surface area (Å²) in [6, 6.07) is 5.46. The molecule has 1 unspecified atom stereocenters. The Morgan fingerprint density at radius 3 is 2.70 bits per heavy atom. The molecule has 0 radical (unpaired) electrons. The lowest BCUT2D eigenvalue weighted by atomic mass is 10.1. The van der Waals surface area contributed by atoms with E-state index in [-0.39, 0.29) is 10.7 Å². The lowest BCUT2D eigenvalue weighted by Crippen LogP contribution is -2.33. The molecule has 0 spiro atoms. The maximum absolute atomic E-state index is 12.5. The number of rotatable bonds is 1. The molecule has 5 heteroatoms. The van der Waals surface area contributed by atoms with E-state index >= 15 is 0 Å². The average molecular weight is 314 g/mol. The molecule has 1 atom stereocenters. The maximum atomic E-state index is 12.5. The van der Waals surface area contributed by atoms with Crippen molar-refractivity contribution >= 4 is 28.3 Å². The molecule has 3 nitrogen and oxygen atoms in total. The summed E-state index contributed by atoms with van der Waals surface area (Å²) in [5.41, 5.74) is 1.56. The van der Waals surface area contributed by atoms with Gasteiger partial charge in [0.2, 0.25) is 0 Å². The Morgan fingerprint density at radius 2 is 2.05 bits per heavy atom. The van der Waals surface area contributed by atoms with Crippen LogP contribution < -0.4 is 0 Å². The van der Waals surface area contributed by atoms with E-state index in [0.29, 0.717) is 29.4 Å². The molecule has 1 aliphatic heterocycles. The van der Waals surface area contributed by atoms with Crippen molar-refractivity contribution in [3.05, 3.63) is 34.3 Å². The van der Waals surface area contributed by atoms with Crippen molar-refractivity contribution in [2.24, 2.45) is 0 Å². The lowest BCUT2D eigenvalue weighted by molar-refractivity contribution is 0.0765. The molecular weight excluding hydrogens is 294 g/mol. The van der Waals surface area contributed by atoms with E-state index in [9.17, 15) is 9.00 Å². The van der Waals surface area contributed by atoms with Gasteiger partial charge in [-0.15, -0.1) is 0 Å². The van der Waals surface area contributed by atoms with Crippen molar-refractivity contribution in [3.8, 4) is 0 Å². The number of amides is 1. The van der Waals surface area contributed by atoms with Gasteiger partial charge < -0.3 is 4.90 Å². The van der Waals surface area contributed by atoms with Gasteiger partial charge in [-0.25, -0.2) is 0 Å². The highest BCUT2D eigenvalue weighted by molar-refractivity contribution is 7.86. The van der Waals surface area contributed by atoms with Crippen LogP contribution in [0.4, 0.5) is 0 Å². The number of nitrogens with zero attached hydrogens (tertiary/aromatic N) is 1. The standard InChI is InChI=1S/C15H20ClNO2S/c1-11-4-5-12(13(16)10-11)14(18)17-7-6-15(2,3)20(19)9-8-17/h4-5,10H,6-9H2,1-3H3. The van der Waals surface area contributed by atoms with Crippen LogP contribution in [0.25, 0.3) is 0 Å². The van der Waals surface area contributed by atoms with Crippen molar-refractivity contribution < 1.29 is 9.00 Å². The summed E-state index contributed by atoms with van der Waals surface area (Å²) in [7, 11) is -0.897. The van der Waals surface area contributed by atoms with E-state index in [2.05, 4.69) is 0 Å². The topological polar surface area (TPSA) is 37.4 Å². The average Bonchev–Trinajstić information content (AvgIpc) is 2.49. The Kier molecular flexibility index (Phi) is 4.55. The lowest BCUT2D eigenvalue weighted by Gasteiger charge is -2.22. The Bertz CT molecular complexity index is 557. The van der Waals surface area contributed by atoms with Gasteiger partial charge >= 0.3 is 0 Å². The van der Waals surface area contributed by atoms with Gasteiger partial charge in [0, 0.05) is 34.4 Å². The molecule has 0 bridgehead atoms. The number of carbonyl (C=O) groups excluding carboxylic acids is 1. The number of benzene rings is 1. The van der Waals surface area contributed by atoms with Crippen LogP contribution in [0.1, 0.15) is 36.2 Å². The van der Waals surface area contributed by atoms with E-state index < -0.39 is 10.8 Å². The summed E-state index contributed by atoms with van der Waals surface area (Å²) in [5, 5.41) is 0.486. The Labute approximate surface area is 127 Å². The van der Waals surface area contributed by atoms with Crippen molar-refractivity contribution in [1.29, 1.82) is 0 Å². The Balaban J connectivity index is 2.19. The second-order valence-electron chi connectivity index (χ2n) is 5.83. The molecule has 0 aromatic heterocycles. The van der Waals surface area contributed by atoms with Crippen molar-refractivity contribution in [1.82, 2.24) is 4.90 Å². The summed E-state index contributed by atoms with van der Waals surface area (Å²) in [6.45, 7) is 7.09. The van der Waals surface area contributed by atoms with Crippen molar-refractivity contribution in [3.63, 3.8) is 0 Å². The minimum atomic E-state index is -0.897. The second kappa shape index (κ2) is 5.86. The summed E-state index contributed by atoms with van der Waals surface area (Å²) in [5.74, 6) is 0.465. The van der Waals surface area contributed by atoms with Gasteiger partial charge in [0.15, 0.2) is 0 Å². The van der Waals surface area contributed by atoms with E-state index in [4.69, 9.17) is 11.6 Å². The van der Waals surface area contributed by atoms with Crippen LogP contribution in [-0.4, -0.2) is 38.6 Å². The number of halogens is 1. The molecule has 0 N–H and O–H groups in total. The first kappa shape index (κ1) is 15.5. The molecule has 0 aliphatic carbocycles. The summed E-state index contributed by atoms with van der Waals surface area (Å²) >= 11 is 6.16. The number of carbonyl (C=O) groups is 1. The van der Waals surface area contributed by atoms with Gasteiger partial charge in [-0.3, -0.25) is 9.00 Å². The molecule has 1 aliphatic rings. The maximum Gasteiger partial charge on any atom is 0.255 e. The first-order chi connectivity index (χ1) is 9.31. The molecule has 1 amide bonds. The number of hydrogen-bond acceptors (Lipinski definition) is 2. The van der Waals surface area contributed by atoms with Gasteiger partial charge in [-0.05, 0) is 44.9 Å². The molecule has 1 aromatic rings. The van der Waals surface area contributed by atoms with Crippen molar-refractivity contribution in [2.75, 3.05) is 18.8 Å². The zero-order valence-electron chi connectivity index (χ0n) is 12.1. The molecule has 1 heterocycles. The molecule has 0 saturated carbocycles. The predicted octanol–water partition coefficient (Wildman–Crippen LogP) is 3.02. The van der Waals surface area contributed by atoms with Crippen molar-refractivity contribution in [2.45, 2.75) is 31.9 Å². The second-order valence-corrected chi connectivity index (χ2v) is 8.45. The molecule has 110 valence electrons. The minimum absolute atomic E-state index is 0.0651. The quantitative estimate of drug-likeness (QED) is 0.799. The number of hydrogen-bond donors (Lipinski definition) is 0. The van der Waals surface area contributed by atoms with E-state index in [1.165, 1.54) is 0 Å². The van der Waals surface area contributed by atoms with Crippen LogP contribution in [0.2, 0.25) is 5.02 Å². The molecular formula is C15H20ClNO2S. The monoisotopic (exact) mass is 313 g/mol. The zero-order chi connectivity index (χ0) is 14.9. The fourth-order valence-electron chi connectivity index (χ4n) is 2.27. The van der Waals surface area contributed by atoms with Gasteiger partial charge in [-0.1, -0.05) is 17.7 Å². The summed E-state index contributed by atoms with van der Waals surface area (Å²) in [6.07, 6.45) is 0.745. The zero-order valence-corrected chi connectivity index (χ0v) is 13.7. The van der Waals surface area contributed by atoms with E-state index in [1.807, 2.05) is 26.8 Å². The SMILES string of the molecule is Cc1ccc(C(=O)N2CCS(=O)C(C)(C)CC2)c(Cl)c1. The molecule has 20 heavy (non-hydrogen) atoms. The summed E-state index contributed by atoms with van der Waals surface area (Å²) in [4.78, 5) is 14.3.